The minimum atomic E-state index is -1.22. The van der Waals surface area contributed by atoms with Crippen molar-refractivity contribution in [2.75, 3.05) is 0 Å². The molecule has 1 amide bonds. The van der Waals surface area contributed by atoms with Gasteiger partial charge in [-0.2, -0.15) is 0 Å². The Labute approximate surface area is 87.9 Å². The number of carbonyl (C=O) groups is 3. The van der Waals surface area contributed by atoms with Crippen LogP contribution in [0.15, 0.2) is 0 Å². The summed E-state index contributed by atoms with van der Waals surface area (Å²) in [6.07, 6.45) is -0.363. The third-order valence-electron chi connectivity index (χ3n) is 1.36. The van der Waals surface area contributed by atoms with Crippen molar-refractivity contribution in [1.82, 2.24) is 0 Å². The summed E-state index contributed by atoms with van der Waals surface area (Å²) in [6.45, 7) is 4.87. The molecule has 1 atom stereocenters. The van der Waals surface area contributed by atoms with Crippen LogP contribution in [0.25, 0.3) is 0 Å². The number of rotatable bonds is 4. The molecule has 0 fully saturated rings. The Bertz CT molecular complexity index is 280. The van der Waals surface area contributed by atoms with Gasteiger partial charge in [-0.1, -0.05) is 0 Å². The van der Waals surface area contributed by atoms with Crippen LogP contribution in [0, 0.1) is 0 Å². The number of ether oxygens (including phenoxy) is 1. The highest BCUT2D eigenvalue weighted by Crippen LogP contribution is 2.08. The Morgan fingerprint density at radius 1 is 1.27 bits per heavy atom. The van der Waals surface area contributed by atoms with E-state index in [2.05, 4.69) is 0 Å². The first-order chi connectivity index (χ1) is 6.63. The van der Waals surface area contributed by atoms with Crippen LogP contribution in [0.4, 0.5) is 0 Å². The number of primary amides is 1. The van der Waals surface area contributed by atoms with Gasteiger partial charge in [0.05, 0.1) is 6.04 Å². The summed E-state index contributed by atoms with van der Waals surface area (Å²) in [5.74, 6) is -2.72. The summed E-state index contributed by atoms with van der Waals surface area (Å²) in [4.78, 5) is 32.9. The Morgan fingerprint density at radius 2 is 1.73 bits per heavy atom. The number of esters is 1. The molecule has 4 N–H and O–H groups in total. The lowest BCUT2D eigenvalue weighted by Crippen LogP contribution is -2.42. The third kappa shape index (κ3) is 5.79. The molecule has 0 unspecified atom stereocenters. The van der Waals surface area contributed by atoms with E-state index < -0.39 is 29.3 Å². The average molecular weight is 216 g/mol. The number of ketones is 1. The largest absolute Gasteiger partial charge is 0.454 e. The highest BCUT2D eigenvalue weighted by molar-refractivity contribution is 6.36. The van der Waals surface area contributed by atoms with Gasteiger partial charge in [0.15, 0.2) is 0 Å². The molecule has 0 bridgehead atoms. The van der Waals surface area contributed by atoms with Gasteiger partial charge in [0, 0.05) is 6.42 Å². The second-order valence-electron chi connectivity index (χ2n) is 4.14. The Balaban J connectivity index is 4.33. The molecule has 6 nitrogen and oxygen atoms in total. The first-order valence-corrected chi connectivity index (χ1v) is 4.44. The summed E-state index contributed by atoms with van der Waals surface area (Å²) in [7, 11) is 0. The summed E-state index contributed by atoms with van der Waals surface area (Å²) in [6, 6.07) is -1.22. The zero-order chi connectivity index (χ0) is 12.2. The maximum atomic E-state index is 11.2. The lowest BCUT2D eigenvalue weighted by Gasteiger charge is -2.19. The second-order valence-corrected chi connectivity index (χ2v) is 4.14. The standard InChI is InChI=1S/C9H16N2O4/c1-9(2,3)15-8(14)7(13)5(10)4-6(11)12/h5H,4,10H2,1-3H3,(H2,11,12)/t5-/m0/s1. The SMILES string of the molecule is CC(C)(C)OC(=O)C(=O)[C@@H](N)CC(N)=O. The number of amides is 1. The van der Waals surface area contributed by atoms with E-state index in [1.165, 1.54) is 0 Å². The van der Waals surface area contributed by atoms with Crippen LogP contribution >= 0.6 is 0 Å². The predicted octanol–water partition coefficient (Wildman–Crippen LogP) is -0.900. The van der Waals surface area contributed by atoms with Crippen LogP contribution in [0.2, 0.25) is 0 Å². The summed E-state index contributed by atoms with van der Waals surface area (Å²) in [5.41, 5.74) is 9.36. The van der Waals surface area contributed by atoms with Crippen LogP contribution in [0.3, 0.4) is 0 Å². The smallest absolute Gasteiger partial charge is 0.376 e. The van der Waals surface area contributed by atoms with Crippen molar-refractivity contribution >= 4 is 17.7 Å². The minimum Gasteiger partial charge on any atom is -0.454 e. The first-order valence-electron chi connectivity index (χ1n) is 4.44. The van der Waals surface area contributed by atoms with Gasteiger partial charge in [-0.25, -0.2) is 4.79 Å². The van der Waals surface area contributed by atoms with Crippen molar-refractivity contribution in [2.24, 2.45) is 11.5 Å². The molecule has 0 aliphatic carbocycles. The number of carbonyl (C=O) groups excluding carboxylic acids is 3. The molecule has 0 spiro atoms. The molecule has 0 aliphatic rings. The lowest BCUT2D eigenvalue weighted by atomic mass is 10.1. The average Bonchev–Trinajstić information content (AvgIpc) is 1.98. The maximum Gasteiger partial charge on any atom is 0.376 e. The lowest BCUT2D eigenvalue weighted by molar-refractivity contribution is -0.163. The van der Waals surface area contributed by atoms with Crippen LogP contribution in [0.1, 0.15) is 27.2 Å². The monoisotopic (exact) mass is 216 g/mol. The van der Waals surface area contributed by atoms with Gasteiger partial charge in [0.2, 0.25) is 5.91 Å². The van der Waals surface area contributed by atoms with Crippen molar-refractivity contribution in [3.63, 3.8) is 0 Å². The molecule has 0 saturated carbocycles. The molecule has 0 aromatic carbocycles. The Hall–Kier alpha value is -1.43. The fraction of sp³-hybridized carbons (Fsp3) is 0.667. The maximum absolute atomic E-state index is 11.2. The van der Waals surface area contributed by atoms with Gasteiger partial charge in [0.25, 0.3) is 5.78 Å². The van der Waals surface area contributed by atoms with Gasteiger partial charge in [-0.15, -0.1) is 0 Å². The summed E-state index contributed by atoms with van der Waals surface area (Å²) < 4.78 is 4.78. The quantitative estimate of drug-likeness (QED) is 0.467. The third-order valence-corrected chi connectivity index (χ3v) is 1.36. The predicted molar refractivity (Wildman–Crippen MR) is 52.6 cm³/mol. The van der Waals surface area contributed by atoms with Gasteiger partial charge in [0.1, 0.15) is 5.60 Å². The Kier molecular flexibility index (Phi) is 4.41. The van der Waals surface area contributed by atoms with E-state index in [1.54, 1.807) is 20.8 Å². The molecule has 0 aliphatic heterocycles. The second kappa shape index (κ2) is 4.88. The molecular formula is C9H16N2O4. The fourth-order valence-corrected chi connectivity index (χ4v) is 0.789. The Morgan fingerprint density at radius 3 is 2.07 bits per heavy atom. The van der Waals surface area contributed by atoms with Crippen LogP contribution in [-0.2, 0) is 19.1 Å². The number of hydrogen-bond donors (Lipinski definition) is 2. The topological polar surface area (TPSA) is 112 Å². The number of Topliss-reactive ketones (excluding diaryl/α,β-unsaturated/α-hetero) is 1. The molecule has 0 radical (unpaired) electrons. The van der Waals surface area contributed by atoms with Gasteiger partial charge < -0.3 is 16.2 Å². The number of hydrogen-bond acceptors (Lipinski definition) is 5. The first kappa shape index (κ1) is 13.6. The van der Waals surface area contributed by atoms with E-state index in [0.717, 1.165) is 0 Å². The van der Waals surface area contributed by atoms with E-state index >= 15 is 0 Å². The van der Waals surface area contributed by atoms with Crippen molar-refractivity contribution in [2.45, 2.75) is 38.8 Å². The normalized spacial score (nSPS) is 13.1. The minimum absolute atomic E-state index is 0.363. The van der Waals surface area contributed by atoms with Crippen LogP contribution < -0.4 is 11.5 Å². The van der Waals surface area contributed by atoms with E-state index in [0.29, 0.717) is 0 Å². The molecule has 0 heterocycles. The van der Waals surface area contributed by atoms with Gasteiger partial charge >= 0.3 is 5.97 Å². The van der Waals surface area contributed by atoms with Crippen molar-refractivity contribution in [3.8, 4) is 0 Å². The summed E-state index contributed by atoms with van der Waals surface area (Å²) in [5, 5.41) is 0. The van der Waals surface area contributed by atoms with Crippen molar-refractivity contribution in [1.29, 1.82) is 0 Å². The fourth-order valence-electron chi connectivity index (χ4n) is 0.789. The molecule has 0 aromatic heterocycles. The molecule has 0 saturated heterocycles. The zero-order valence-electron chi connectivity index (χ0n) is 9.07. The highest BCUT2D eigenvalue weighted by atomic mass is 16.6. The van der Waals surface area contributed by atoms with E-state index in [4.69, 9.17) is 16.2 Å². The van der Waals surface area contributed by atoms with Crippen molar-refractivity contribution < 1.29 is 19.1 Å². The molecule has 15 heavy (non-hydrogen) atoms. The van der Waals surface area contributed by atoms with Crippen LogP contribution in [0.5, 0.6) is 0 Å². The highest BCUT2D eigenvalue weighted by Gasteiger charge is 2.28. The molecule has 6 heteroatoms. The summed E-state index contributed by atoms with van der Waals surface area (Å²) >= 11 is 0. The van der Waals surface area contributed by atoms with Gasteiger partial charge in [-0.3, -0.25) is 9.59 Å². The molecule has 0 aromatic rings. The van der Waals surface area contributed by atoms with Gasteiger partial charge in [-0.05, 0) is 20.8 Å². The van der Waals surface area contributed by atoms with Crippen LogP contribution in [-0.4, -0.2) is 29.3 Å². The van der Waals surface area contributed by atoms with E-state index in [1.807, 2.05) is 0 Å². The molecule has 86 valence electrons. The zero-order valence-corrected chi connectivity index (χ0v) is 9.07. The van der Waals surface area contributed by atoms with E-state index in [-0.39, 0.29) is 6.42 Å². The molecular weight excluding hydrogens is 200 g/mol. The molecule has 0 rings (SSSR count). The van der Waals surface area contributed by atoms with E-state index in [9.17, 15) is 14.4 Å². The van der Waals surface area contributed by atoms with Crippen molar-refractivity contribution in [3.05, 3.63) is 0 Å². The number of nitrogens with two attached hydrogens (primary N) is 2.